The highest BCUT2D eigenvalue weighted by Gasteiger charge is 2.51. The number of benzene rings is 1. The zero-order chi connectivity index (χ0) is 20.3. The molecule has 0 radical (unpaired) electrons. The fraction of sp³-hybridized carbons (Fsp3) is 0.429. The first-order chi connectivity index (χ1) is 13.4. The smallest absolute Gasteiger partial charge is 0.228 e. The summed E-state index contributed by atoms with van der Waals surface area (Å²) in [7, 11) is 0. The quantitative estimate of drug-likeness (QED) is 0.757. The van der Waals surface area contributed by atoms with Gasteiger partial charge in [-0.1, -0.05) is 49.1 Å². The molecular formula is C21H24N4O2S. The van der Waals surface area contributed by atoms with E-state index in [1.54, 1.807) is 12.1 Å². The predicted molar refractivity (Wildman–Crippen MR) is 110 cm³/mol. The zero-order valence-electron chi connectivity index (χ0n) is 15.9. The number of thioether (sulfide) groups is 1. The standard InChI is InChI=1S/C21H24N4O2S/c1-13-5-7-14(8-6-13)16(26)12-28-20-17(19(24)27)21(9-3-2-4-10-21)15(11-22)18(23)25-20/h5-8,17H,2-4,9-10,12,23H2,1H3,(H2,24,27). The maximum atomic E-state index is 12.6. The summed E-state index contributed by atoms with van der Waals surface area (Å²) in [4.78, 5) is 29.3. The third-order valence-corrected chi connectivity index (χ3v) is 6.68. The van der Waals surface area contributed by atoms with Gasteiger partial charge in [0.25, 0.3) is 0 Å². The van der Waals surface area contributed by atoms with E-state index in [1.807, 2.05) is 19.1 Å². The number of ketones is 1. The van der Waals surface area contributed by atoms with Crippen molar-refractivity contribution in [2.75, 3.05) is 5.75 Å². The third kappa shape index (κ3) is 3.69. The lowest BCUT2D eigenvalue weighted by Gasteiger charge is -2.44. The first-order valence-corrected chi connectivity index (χ1v) is 10.4. The number of hydrogen-bond acceptors (Lipinski definition) is 6. The lowest BCUT2D eigenvalue weighted by Crippen LogP contribution is -2.48. The van der Waals surface area contributed by atoms with Crippen LogP contribution in [0.4, 0.5) is 0 Å². The van der Waals surface area contributed by atoms with Crippen LogP contribution in [0.15, 0.2) is 40.7 Å². The normalized spacial score (nSPS) is 21.1. The Labute approximate surface area is 169 Å². The van der Waals surface area contributed by atoms with Gasteiger partial charge in [0.15, 0.2) is 5.78 Å². The summed E-state index contributed by atoms with van der Waals surface area (Å²) in [6, 6.07) is 9.53. The van der Waals surface area contributed by atoms with Crippen molar-refractivity contribution in [3.05, 3.63) is 46.8 Å². The molecule has 1 fully saturated rings. The van der Waals surface area contributed by atoms with Crippen LogP contribution in [0.3, 0.4) is 0 Å². The Kier molecular flexibility index (Phi) is 5.90. The Morgan fingerprint density at radius 1 is 1.25 bits per heavy atom. The van der Waals surface area contributed by atoms with E-state index >= 15 is 0 Å². The molecule has 1 aromatic rings. The number of carbonyl (C=O) groups excluding carboxylic acids is 2. The Morgan fingerprint density at radius 3 is 2.46 bits per heavy atom. The maximum Gasteiger partial charge on any atom is 0.228 e. The van der Waals surface area contributed by atoms with Gasteiger partial charge in [-0.25, -0.2) is 4.99 Å². The van der Waals surface area contributed by atoms with Gasteiger partial charge in [0.05, 0.1) is 28.4 Å². The molecule has 1 amide bonds. The minimum Gasteiger partial charge on any atom is -0.383 e. The van der Waals surface area contributed by atoms with E-state index in [9.17, 15) is 14.9 Å². The number of allylic oxidation sites excluding steroid dienone is 1. The van der Waals surface area contributed by atoms with Crippen molar-refractivity contribution in [1.82, 2.24) is 0 Å². The number of nitriles is 1. The van der Waals surface area contributed by atoms with Crippen LogP contribution in [0.1, 0.15) is 48.0 Å². The van der Waals surface area contributed by atoms with Crippen LogP contribution >= 0.6 is 11.8 Å². The van der Waals surface area contributed by atoms with Gasteiger partial charge >= 0.3 is 0 Å². The molecule has 6 nitrogen and oxygen atoms in total. The molecule has 1 spiro atoms. The number of nitrogens with zero attached hydrogens (tertiary/aromatic N) is 2. The van der Waals surface area contributed by atoms with Crippen molar-refractivity contribution in [1.29, 1.82) is 5.26 Å². The fourth-order valence-corrected chi connectivity index (χ4v) is 5.35. The Hall–Kier alpha value is -2.59. The number of rotatable bonds is 4. The van der Waals surface area contributed by atoms with Gasteiger partial charge in [0.2, 0.25) is 5.91 Å². The molecule has 1 saturated carbocycles. The topological polar surface area (TPSA) is 122 Å². The van der Waals surface area contributed by atoms with Crippen LogP contribution in [0, 0.1) is 29.6 Å². The van der Waals surface area contributed by atoms with E-state index in [4.69, 9.17) is 11.5 Å². The summed E-state index contributed by atoms with van der Waals surface area (Å²) in [6.07, 6.45) is 4.22. The summed E-state index contributed by atoms with van der Waals surface area (Å²) < 4.78 is 0. The minimum absolute atomic E-state index is 0.0535. The molecule has 146 valence electrons. The molecule has 1 aromatic carbocycles. The average Bonchev–Trinajstić information content (AvgIpc) is 2.67. The second-order valence-electron chi connectivity index (χ2n) is 7.45. The first-order valence-electron chi connectivity index (χ1n) is 9.40. The number of aliphatic imine (C=N–C) groups is 1. The van der Waals surface area contributed by atoms with Gasteiger partial charge in [-0.3, -0.25) is 9.59 Å². The second kappa shape index (κ2) is 8.19. The van der Waals surface area contributed by atoms with Gasteiger partial charge in [0.1, 0.15) is 5.82 Å². The third-order valence-electron chi connectivity index (χ3n) is 5.65. The van der Waals surface area contributed by atoms with Gasteiger partial charge < -0.3 is 11.5 Å². The molecule has 1 heterocycles. The molecule has 1 unspecified atom stereocenters. The minimum atomic E-state index is -0.717. The molecule has 0 aromatic heterocycles. The highest BCUT2D eigenvalue weighted by molar-refractivity contribution is 8.14. The van der Waals surface area contributed by atoms with Crippen molar-refractivity contribution >= 4 is 28.5 Å². The molecular weight excluding hydrogens is 372 g/mol. The predicted octanol–water partition coefficient (Wildman–Crippen LogP) is 3.07. The lowest BCUT2D eigenvalue weighted by atomic mass is 9.61. The van der Waals surface area contributed by atoms with Crippen LogP contribution in [0.2, 0.25) is 0 Å². The van der Waals surface area contributed by atoms with Gasteiger partial charge in [-0.15, -0.1) is 11.8 Å². The Bertz CT molecular complexity index is 890. The van der Waals surface area contributed by atoms with Gasteiger partial charge in [-0.2, -0.15) is 5.26 Å². The number of Topliss-reactive ketones (excluding diaryl/α,β-unsaturated/α-hetero) is 1. The van der Waals surface area contributed by atoms with E-state index in [2.05, 4.69) is 11.1 Å². The molecule has 0 bridgehead atoms. The van der Waals surface area contributed by atoms with Crippen LogP contribution < -0.4 is 11.5 Å². The van der Waals surface area contributed by atoms with Crippen LogP contribution in [0.25, 0.3) is 0 Å². The van der Waals surface area contributed by atoms with E-state index < -0.39 is 17.2 Å². The molecule has 4 N–H and O–H groups in total. The number of hydrogen-bond donors (Lipinski definition) is 2. The molecule has 0 saturated heterocycles. The average molecular weight is 397 g/mol. The molecule has 1 atom stereocenters. The van der Waals surface area contributed by atoms with E-state index in [-0.39, 0.29) is 17.4 Å². The summed E-state index contributed by atoms with van der Waals surface area (Å²) in [5.41, 5.74) is 13.2. The summed E-state index contributed by atoms with van der Waals surface area (Å²) >= 11 is 1.20. The monoisotopic (exact) mass is 396 g/mol. The van der Waals surface area contributed by atoms with E-state index in [0.717, 1.165) is 24.8 Å². The van der Waals surface area contributed by atoms with Crippen molar-refractivity contribution in [3.63, 3.8) is 0 Å². The number of amides is 1. The Balaban J connectivity index is 1.89. The van der Waals surface area contributed by atoms with E-state index in [1.165, 1.54) is 11.8 Å². The molecule has 7 heteroatoms. The first kappa shape index (κ1) is 20.2. The fourth-order valence-electron chi connectivity index (χ4n) is 4.24. The highest BCUT2D eigenvalue weighted by atomic mass is 32.2. The molecule has 28 heavy (non-hydrogen) atoms. The summed E-state index contributed by atoms with van der Waals surface area (Å²) in [5, 5.41) is 10.1. The summed E-state index contributed by atoms with van der Waals surface area (Å²) in [6.45, 7) is 1.96. The Morgan fingerprint density at radius 2 is 1.89 bits per heavy atom. The summed E-state index contributed by atoms with van der Waals surface area (Å²) in [5.74, 6) is -1.01. The van der Waals surface area contributed by atoms with Crippen molar-refractivity contribution in [3.8, 4) is 6.07 Å². The molecule has 3 rings (SSSR count). The van der Waals surface area contributed by atoms with Crippen molar-refractivity contribution in [2.24, 2.45) is 27.8 Å². The lowest BCUT2D eigenvalue weighted by molar-refractivity contribution is -0.123. The number of primary amides is 1. The highest BCUT2D eigenvalue weighted by Crippen LogP contribution is 2.52. The van der Waals surface area contributed by atoms with E-state index in [0.29, 0.717) is 29.0 Å². The number of nitrogens with two attached hydrogens (primary N) is 2. The second-order valence-corrected chi connectivity index (χ2v) is 8.45. The van der Waals surface area contributed by atoms with Crippen LogP contribution in [-0.2, 0) is 4.79 Å². The largest absolute Gasteiger partial charge is 0.383 e. The van der Waals surface area contributed by atoms with Gasteiger partial charge in [-0.05, 0) is 19.8 Å². The number of carbonyl (C=O) groups is 2. The SMILES string of the molecule is Cc1ccc(C(=O)CSC2=NC(N)=C(C#N)C3(CCCCC3)C2C(N)=O)cc1. The number of aryl methyl sites for hydroxylation is 1. The van der Waals surface area contributed by atoms with Crippen molar-refractivity contribution < 1.29 is 9.59 Å². The molecule has 1 aliphatic carbocycles. The molecule has 2 aliphatic rings. The van der Waals surface area contributed by atoms with Crippen molar-refractivity contribution in [2.45, 2.75) is 39.0 Å². The zero-order valence-corrected chi connectivity index (χ0v) is 16.7. The van der Waals surface area contributed by atoms with Crippen LogP contribution in [-0.4, -0.2) is 22.5 Å². The van der Waals surface area contributed by atoms with Gasteiger partial charge in [0, 0.05) is 11.0 Å². The van der Waals surface area contributed by atoms with Crippen LogP contribution in [0.5, 0.6) is 0 Å². The molecule has 1 aliphatic heterocycles. The maximum absolute atomic E-state index is 12.6.